The Hall–Kier alpha value is -3.95. The van der Waals surface area contributed by atoms with Crippen molar-refractivity contribution in [2.75, 3.05) is 19.0 Å². The number of nitro groups is 1. The summed E-state index contributed by atoms with van der Waals surface area (Å²) in [5.74, 6) is -1.80. The maximum atomic E-state index is 12.3. The second kappa shape index (κ2) is 9.03. The number of methoxy groups -OCH3 is 1. The number of esters is 1. The predicted molar refractivity (Wildman–Crippen MR) is 105 cm³/mol. The molecule has 0 aliphatic heterocycles. The van der Waals surface area contributed by atoms with Crippen molar-refractivity contribution in [2.24, 2.45) is 0 Å². The van der Waals surface area contributed by atoms with Crippen LogP contribution in [-0.4, -0.2) is 42.5 Å². The van der Waals surface area contributed by atoms with Crippen molar-refractivity contribution < 1.29 is 28.8 Å². The van der Waals surface area contributed by atoms with Crippen molar-refractivity contribution >= 4 is 29.2 Å². The highest BCUT2D eigenvalue weighted by atomic mass is 16.6. The lowest BCUT2D eigenvalue weighted by Crippen LogP contribution is -2.28. The molecule has 2 aromatic carbocycles. The van der Waals surface area contributed by atoms with Crippen LogP contribution in [0.25, 0.3) is 0 Å². The fourth-order valence-corrected chi connectivity index (χ4v) is 2.64. The van der Waals surface area contributed by atoms with Gasteiger partial charge in [0.05, 0.1) is 28.8 Å². The molecule has 1 saturated carbocycles. The molecule has 0 spiro atoms. The Balaban J connectivity index is 1.67. The van der Waals surface area contributed by atoms with Crippen LogP contribution >= 0.6 is 0 Å². The quantitative estimate of drug-likeness (QED) is 0.385. The smallest absolute Gasteiger partial charge is 0.338 e. The maximum Gasteiger partial charge on any atom is 0.338 e. The van der Waals surface area contributed by atoms with Gasteiger partial charge in [0, 0.05) is 12.1 Å². The first kappa shape index (κ1) is 20.8. The normalized spacial score (nSPS) is 12.6. The van der Waals surface area contributed by atoms with Crippen LogP contribution in [-0.2, 0) is 9.53 Å². The molecule has 0 saturated heterocycles. The summed E-state index contributed by atoms with van der Waals surface area (Å²) in [6.07, 6.45) is 1.86. The van der Waals surface area contributed by atoms with E-state index in [9.17, 15) is 24.5 Å². The second-order valence-electron chi connectivity index (χ2n) is 6.56. The number of rotatable bonds is 8. The zero-order valence-electron chi connectivity index (χ0n) is 16.0. The van der Waals surface area contributed by atoms with Gasteiger partial charge in [-0.25, -0.2) is 4.79 Å². The minimum Gasteiger partial charge on any atom is -0.477 e. The number of nitrogens with one attached hydrogen (secondary N) is 2. The summed E-state index contributed by atoms with van der Waals surface area (Å²) in [4.78, 5) is 46.7. The molecule has 1 aliphatic carbocycles. The van der Waals surface area contributed by atoms with Gasteiger partial charge >= 0.3 is 11.7 Å². The number of hydrogen-bond acceptors (Lipinski definition) is 7. The number of carbonyl (C=O) groups is 3. The molecule has 0 atom stereocenters. The molecule has 2 aromatic rings. The van der Waals surface area contributed by atoms with Gasteiger partial charge in [-0.3, -0.25) is 19.7 Å². The third kappa shape index (κ3) is 5.10. The number of amides is 2. The molecule has 10 heteroatoms. The van der Waals surface area contributed by atoms with E-state index in [1.807, 2.05) is 0 Å². The first-order valence-electron chi connectivity index (χ1n) is 9.08. The number of para-hydroxylation sites is 1. The van der Waals surface area contributed by atoms with E-state index in [4.69, 9.17) is 4.74 Å². The fraction of sp³-hybridized carbons (Fsp3) is 0.250. The average molecular weight is 413 g/mol. The largest absolute Gasteiger partial charge is 0.477 e. The molecule has 1 fully saturated rings. The van der Waals surface area contributed by atoms with Crippen molar-refractivity contribution in [3.05, 3.63) is 63.7 Å². The SMILES string of the molecule is COC(=O)c1ccc(OCC(=O)Nc2ccccc2C(=O)NC2CC2)c([N+](=O)[O-])c1. The molecule has 0 radical (unpaired) electrons. The highest BCUT2D eigenvalue weighted by Gasteiger charge is 2.25. The van der Waals surface area contributed by atoms with E-state index in [-0.39, 0.29) is 23.3 Å². The highest BCUT2D eigenvalue weighted by molar-refractivity contribution is 6.04. The third-order valence-electron chi connectivity index (χ3n) is 4.29. The summed E-state index contributed by atoms with van der Waals surface area (Å²) < 4.78 is 9.80. The van der Waals surface area contributed by atoms with Gasteiger partial charge in [-0.05, 0) is 37.1 Å². The molecule has 2 amide bonds. The number of nitrogens with zero attached hydrogens (tertiary/aromatic N) is 1. The first-order chi connectivity index (χ1) is 14.4. The molecular weight excluding hydrogens is 394 g/mol. The van der Waals surface area contributed by atoms with E-state index in [0.29, 0.717) is 11.3 Å². The zero-order valence-corrected chi connectivity index (χ0v) is 16.0. The van der Waals surface area contributed by atoms with E-state index >= 15 is 0 Å². The molecule has 0 bridgehead atoms. The predicted octanol–water partition coefficient (Wildman–Crippen LogP) is 2.29. The molecule has 30 heavy (non-hydrogen) atoms. The number of hydrogen-bond donors (Lipinski definition) is 2. The Morgan fingerprint density at radius 2 is 1.90 bits per heavy atom. The van der Waals surface area contributed by atoms with Gasteiger partial charge in [0.2, 0.25) is 0 Å². The summed E-state index contributed by atoms with van der Waals surface area (Å²) >= 11 is 0. The molecule has 1 aliphatic rings. The molecule has 156 valence electrons. The van der Waals surface area contributed by atoms with Crippen LogP contribution in [0.3, 0.4) is 0 Å². The summed E-state index contributed by atoms with van der Waals surface area (Å²) in [5.41, 5.74) is 0.123. The maximum absolute atomic E-state index is 12.3. The van der Waals surface area contributed by atoms with Crippen LogP contribution < -0.4 is 15.4 Å². The molecule has 0 aromatic heterocycles. The molecule has 10 nitrogen and oxygen atoms in total. The molecule has 0 heterocycles. The monoisotopic (exact) mass is 413 g/mol. The van der Waals surface area contributed by atoms with Crippen LogP contribution in [0.5, 0.6) is 5.75 Å². The highest BCUT2D eigenvalue weighted by Crippen LogP contribution is 2.28. The van der Waals surface area contributed by atoms with Gasteiger partial charge in [-0.2, -0.15) is 0 Å². The van der Waals surface area contributed by atoms with E-state index < -0.39 is 29.1 Å². The Morgan fingerprint density at radius 3 is 2.57 bits per heavy atom. The van der Waals surface area contributed by atoms with Gasteiger partial charge in [0.25, 0.3) is 11.8 Å². The van der Waals surface area contributed by atoms with Gasteiger partial charge in [-0.1, -0.05) is 12.1 Å². The second-order valence-corrected chi connectivity index (χ2v) is 6.56. The van der Waals surface area contributed by atoms with Crippen LogP contribution in [0.15, 0.2) is 42.5 Å². The van der Waals surface area contributed by atoms with Crippen molar-refractivity contribution in [2.45, 2.75) is 18.9 Å². The van der Waals surface area contributed by atoms with E-state index in [1.165, 1.54) is 12.1 Å². The van der Waals surface area contributed by atoms with Crippen molar-refractivity contribution in [1.82, 2.24) is 5.32 Å². The summed E-state index contributed by atoms with van der Waals surface area (Å²) in [5, 5.41) is 16.7. The minimum absolute atomic E-state index is 0.0170. The van der Waals surface area contributed by atoms with Gasteiger partial charge in [0.15, 0.2) is 12.4 Å². The molecular formula is C20H19N3O7. The van der Waals surface area contributed by atoms with E-state index in [0.717, 1.165) is 26.0 Å². The van der Waals surface area contributed by atoms with Crippen LogP contribution in [0.1, 0.15) is 33.6 Å². The van der Waals surface area contributed by atoms with Crippen molar-refractivity contribution in [3.8, 4) is 5.75 Å². The van der Waals surface area contributed by atoms with Crippen molar-refractivity contribution in [1.29, 1.82) is 0 Å². The molecule has 0 unspecified atom stereocenters. The number of carbonyl (C=O) groups excluding carboxylic acids is 3. The Labute approximate surface area is 171 Å². The van der Waals surface area contributed by atoms with Crippen LogP contribution in [0.2, 0.25) is 0 Å². The Kier molecular flexibility index (Phi) is 6.26. The van der Waals surface area contributed by atoms with Gasteiger partial charge < -0.3 is 20.1 Å². The number of ether oxygens (including phenoxy) is 2. The van der Waals surface area contributed by atoms with Gasteiger partial charge in [-0.15, -0.1) is 0 Å². The third-order valence-corrected chi connectivity index (χ3v) is 4.29. The van der Waals surface area contributed by atoms with Crippen molar-refractivity contribution in [3.63, 3.8) is 0 Å². The molecule has 2 N–H and O–H groups in total. The lowest BCUT2D eigenvalue weighted by molar-refractivity contribution is -0.385. The standard InChI is InChI=1S/C20H19N3O7/c1-29-20(26)12-6-9-17(16(10-12)23(27)28)30-11-18(24)22-15-5-3-2-4-14(15)19(25)21-13-7-8-13/h2-6,9-10,13H,7-8,11H2,1H3,(H,21,25)(H,22,24). The summed E-state index contributed by atoms with van der Waals surface area (Å²) in [6, 6.07) is 10.2. The van der Waals surface area contributed by atoms with Gasteiger partial charge in [0.1, 0.15) is 0 Å². The zero-order chi connectivity index (χ0) is 21.7. The average Bonchev–Trinajstić information content (AvgIpc) is 3.55. The summed E-state index contributed by atoms with van der Waals surface area (Å²) in [6.45, 7) is -0.531. The molecule has 3 rings (SSSR count). The fourth-order valence-electron chi connectivity index (χ4n) is 2.64. The lowest BCUT2D eigenvalue weighted by atomic mass is 10.1. The Morgan fingerprint density at radius 1 is 1.17 bits per heavy atom. The number of anilines is 1. The lowest BCUT2D eigenvalue weighted by Gasteiger charge is -2.12. The Bertz CT molecular complexity index is 1000. The van der Waals surface area contributed by atoms with E-state index in [2.05, 4.69) is 15.4 Å². The van der Waals surface area contributed by atoms with Crippen LogP contribution in [0, 0.1) is 10.1 Å². The number of benzene rings is 2. The topological polar surface area (TPSA) is 137 Å². The first-order valence-corrected chi connectivity index (χ1v) is 9.08. The number of nitro benzene ring substituents is 1. The van der Waals surface area contributed by atoms with E-state index in [1.54, 1.807) is 24.3 Å². The minimum atomic E-state index is -0.733. The van der Waals surface area contributed by atoms with Crippen LogP contribution in [0.4, 0.5) is 11.4 Å². The summed E-state index contributed by atoms with van der Waals surface area (Å²) in [7, 11) is 1.16.